The van der Waals surface area contributed by atoms with Crippen molar-refractivity contribution in [3.05, 3.63) is 53.2 Å². The molecule has 0 unspecified atom stereocenters. The first-order valence-electron chi connectivity index (χ1n) is 6.59. The van der Waals surface area contributed by atoms with Gasteiger partial charge in [-0.1, -0.05) is 11.6 Å². The quantitative estimate of drug-likeness (QED) is 0.779. The number of nitrogens with zero attached hydrogens (tertiary/aromatic N) is 3. The number of hydrogen-bond donors (Lipinski definition) is 1. The Morgan fingerprint density at radius 3 is 2.83 bits per heavy atom. The topological polar surface area (TPSA) is 76.9 Å². The number of halogens is 2. The molecule has 1 aromatic carbocycles. The third kappa shape index (κ3) is 3.05. The van der Waals surface area contributed by atoms with Gasteiger partial charge < -0.3 is 4.57 Å². The molecule has 0 aliphatic carbocycles. The molecule has 23 heavy (non-hydrogen) atoms. The van der Waals surface area contributed by atoms with Crippen LogP contribution in [0.3, 0.4) is 0 Å². The summed E-state index contributed by atoms with van der Waals surface area (Å²) in [6, 6.07) is 6.77. The van der Waals surface area contributed by atoms with Crippen molar-refractivity contribution < 1.29 is 12.8 Å². The van der Waals surface area contributed by atoms with Crippen molar-refractivity contribution in [2.24, 2.45) is 7.05 Å². The molecule has 2 heterocycles. The second kappa shape index (κ2) is 5.88. The maximum absolute atomic E-state index is 13.1. The van der Waals surface area contributed by atoms with Crippen LogP contribution < -0.4 is 4.72 Å². The van der Waals surface area contributed by atoms with Crippen LogP contribution in [-0.4, -0.2) is 23.0 Å². The second-order valence-corrected chi connectivity index (χ2v) is 7.01. The number of benzene rings is 1. The van der Waals surface area contributed by atoms with E-state index in [9.17, 15) is 12.8 Å². The number of sulfonamides is 1. The fourth-order valence-corrected chi connectivity index (χ4v) is 3.37. The van der Waals surface area contributed by atoms with E-state index in [2.05, 4.69) is 14.7 Å². The smallest absolute Gasteiger partial charge is 0.241 e. The summed E-state index contributed by atoms with van der Waals surface area (Å²) in [6.07, 6.45) is 1.64. The van der Waals surface area contributed by atoms with Gasteiger partial charge in [0, 0.05) is 13.2 Å². The van der Waals surface area contributed by atoms with Crippen molar-refractivity contribution in [2.45, 2.75) is 11.4 Å². The fraction of sp³-hybridized carbons (Fsp3) is 0.143. The summed E-state index contributed by atoms with van der Waals surface area (Å²) in [7, 11) is -2.08. The summed E-state index contributed by atoms with van der Waals surface area (Å²) in [4.78, 5) is 8.41. The average molecular weight is 355 g/mol. The Bertz CT molecular complexity index is 988. The van der Waals surface area contributed by atoms with Gasteiger partial charge in [0.05, 0.1) is 16.5 Å². The molecule has 0 saturated carbocycles. The lowest BCUT2D eigenvalue weighted by Gasteiger charge is -2.07. The molecule has 9 heteroatoms. The molecule has 3 aromatic rings. The predicted octanol–water partition coefficient (Wildman–Crippen LogP) is 2.24. The Balaban J connectivity index is 1.86. The number of fused-ring (bicyclic) bond motifs is 1. The molecule has 0 aliphatic rings. The zero-order valence-electron chi connectivity index (χ0n) is 12.0. The van der Waals surface area contributed by atoms with Gasteiger partial charge in [0.25, 0.3) is 0 Å². The molecule has 3 rings (SSSR count). The predicted molar refractivity (Wildman–Crippen MR) is 83.9 cm³/mol. The third-order valence-corrected chi connectivity index (χ3v) is 5.03. The number of pyridine rings is 1. The van der Waals surface area contributed by atoms with Gasteiger partial charge in [-0.3, -0.25) is 0 Å². The molecular weight excluding hydrogens is 343 g/mol. The Labute approximate surface area is 137 Å². The number of aryl methyl sites for hydroxylation is 1. The molecular formula is C14H12ClFN4O2S. The highest BCUT2D eigenvalue weighted by atomic mass is 35.5. The standard InChI is InChI=1S/C14H12ClFN4O2S/c1-20-13(19-12-3-2-6-17-14(12)20)8-18-23(21,22)9-4-5-11(16)10(15)7-9/h2-7,18H,8H2,1H3. The summed E-state index contributed by atoms with van der Waals surface area (Å²) in [6.45, 7) is -0.0236. The van der Waals surface area contributed by atoms with E-state index in [0.29, 0.717) is 17.0 Å². The minimum absolute atomic E-state index is 0.0236. The molecule has 0 fully saturated rings. The zero-order chi connectivity index (χ0) is 16.6. The Hall–Kier alpha value is -2.03. The van der Waals surface area contributed by atoms with Crippen LogP contribution in [0.15, 0.2) is 41.4 Å². The molecule has 2 aromatic heterocycles. The van der Waals surface area contributed by atoms with Crippen LogP contribution >= 0.6 is 11.6 Å². The first kappa shape index (κ1) is 15.9. The summed E-state index contributed by atoms with van der Waals surface area (Å²) in [5.41, 5.74) is 1.33. The van der Waals surface area contributed by atoms with E-state index >= 15 is 0 Å². The number of aromatic nitrogens is 3. The summed E-state index contributed by atoms with van der Waals surface area (Å²) < 4.78 is 41.8. The zero-order valence-corrected chi connectivity index (χ0v) is 13.6. The van der Waals surface area contributed by atoms with E-state index in [-0.39, 0.29) is 16.5 Å². The molecule has 0 atom stereocenters. The van der Waals surface area contributed by atoms with Crippen molar-refractivity contribution >= 4 is 32.8 Å². The van der Waals surface area contributed by atoms with Crippen LogP contribution in [0.4, 0.5) is 4.39 Å². The van der Waals surface area contributed by atoms with Gasteiger partial charge in [0.1, 0.15) is 17.2 Å². The normalized spacial score (nSPS) is 12.0. The molecule has 1 N–H and O–H groups in total. The van der Waals surface area contributed by atoms with Gasteiger partial charge >= 0.3 is 0 Å². The Morgan fingerprint density at radius 1 is 1.35 bits per heavy atom. The highest BCUT2D eigenvalue weighted by molar-refractivity contribution is 7.89. The van der Waals surface area contributed by atoms with Crippen molar-refractivity contribution in [3.8, 4) is 0 Å². The molecule has 0 radical (unpaired) electrons. The summed E-state index contributed by atoms with van der Waals surface area (Å²) in [5.74, 6) is -0.164. The van der Waals surface area contributed by atoms with Gasteiger partial charge in [-0.2, -0.15) is 0 Å². The van der Waals surface area contributed by atoms with Gasteiger partial charge in [-0.15, -0.1) is 0 Å². The first-order valence-corrected chi connectivity index (χ1v) is 8.45. The largest absolute Gasteiger partial charge is 0.315 e. The van der Waals surface area contributed by atoms with Crippen LogP contribution in [0, 0.1) is 5.82 Å². The van der Waals surface area contributed by atoms with Gasteiger partial charge in [0.15, 0.2) is 5.65 Å². The van der Waals surface area contributed by atoms with Crippen LogP contribution in [0.25, 0.3) is 11.2 Å². The number of hydrogen-bond acceptors (Lipinski definition) is 4. The lowest BCUT2D eigenvalue weighted by Crippen LogP contribution is -2.24. The van der Waals surface area contributed by atoms with E-state index in [4.69, 9.17) is 11.6 Å². The summed E-state index contributed by atoms with van der Waals surface area (Å²) >= 11 is 5.62. The monoisotopic (exact) mass is 354 g/mol. The molecule has 6 nitrogen and oxygen atoms in total. The minimum atomic E-state index is -3.83. The van der Waals surface area contributed by atoms with E-state index in [1.165, 1.54) is 0 Å². The minimum Gasteiger partial charge on any atom is -0.315 e. The molecule has 0 bridgehead atoms. The van der Waals surface area contributed by atoms with Crippen molar-refractivity contribution in [1.82, 2.24) is 19.3 Å². The number of imidazole rings is 1. The lowest BCUT2D eigenvalue weighted by molar-refractivity contribution is 0.577. The van der Waals surface area contributed by atoms with E-state index in [1.807, 2.05) is 0 Å². The SMILES string of the molecule is Cn1c(CNS(=O)(=O)c2ccc(F)c(Cl)c2)nc2cccnc21. The van der Waals surface area contributed by atoms with Gasteiger partial charge in [0.2, 0.25) is 10.0 Å². The maximum atomic E-state index is 13.1. The highest BCUT2D eigenvalue weighted by Gasteiger charge is 2.17. The molecule has 0 aliphatic heterocycles. The van der Waals surface area contributed by atoms with Crippen LogP contribution in [0.2, 0.25) is 5.02 Å². The Morgan fingerprint density at radius 2 is 2.13 bits per heavy atom. The summed E-state index contributed by atoms with van der Waals surface area (Å²) in [5, 5.41) is -0.250. The van der Waals surface area contributed by atoms with E-state index in [1.54, 1.807) is 29.9 Å². The maximum Gasteiger partial charge on any atom is 0.241 e. The van der Waals surface area contributed by atoms with Gasteiger partial charge in [-0.25, -0.2) is 27.5 Å². The van der Waals surface area contributed by atoms with Crippen molar-refractivity contribution in [3.63, 3.8) is 0 Å². The van der Waals surface area contributed by atoms with E-state index < -0.39 is 15.8 Å². The second-order valence-electron chi connectivity index (χ2n) is 4.83. The highest BCUT2D eigenvalue weighted by Crippen LogP contribution is 2.19. The molecule has 0 spiro atoms. The molecule has 0 amide bonds. The van der Waals surface area contributed by atoms with Crippen molar-refractivity contribution in [1.29, 1.82) is 0 Å². The van der Waals surface area contributed by atoms with Gasteiger partial charge in [-0.05, 0) is 30.3 Å². The lowest BCUT2D eigenvalue weighted by atomic mass is 10.3. The number of rotatable bonds is 4. The van der Waals surface area contributed by atoms with Crippen molar-refractivity contribution in [2.75, 3.05) is 0 Å². The van der Waals surface area contributed by atoms with E-state index in [0.717, 1.165) is 18.2 Å². The van der Waals surface area contributed by atoms with Crippen LogP contribution in [0.1, 0.15) is 5.82 Å². The average Bonchev–Trinajstić information content (AvgIpc) is 2.85. The first-order chi connectivity index (χ1) is 10.9. The van der Waals surface area contributed by atoms with Crippen LogP contribution in [0.5, 0.6) is 0 Å². The van der Waals surface area contributed by atoms with Crippen LogP contribution in [-0.2, 0) is 23.6 Å². The number of nitrogens with one attached hydrogen (secondary N) is 1. The Kier molecular flexibility index (Phi) is 4.05. The third-order valence-electron chi connectivity index (χ3n) is 3.34. The molecule has 120 valence electrons. The molecule has 0 saturated heterocycles. The fourth-order valence-electron chi connectivity index (χ4n) is 2.12.